The summed E-state index contributed by atoms with van der Waals surface area (Å²) in [6.07, 6.45) is 1.81. The van der Waals surface area contributed by atoms with Gasteiger partial charge >= 0.3 is 0 Å². The molecule has 9 nitrogen and oxygen atoms in total. The first-order valence-corrected chi connectivity index (χ1v) is 15.7. The topological polar surface area (TPSA) is 126 Å². The summed E-state index contributed by atoms with van der Waals surface area (Å²) >= 11 is 0. The van der Waals surface area contributed by atoms with Crippen molar-refractivity contribution in [3.63, 3.8) is 0 Å². The smallest absolute Gasteiger partial charge is 0.238 e. The van der Waals surface area contributed by atoms with E-state index in [0.29, 0.717) is 74.3 Å². The average Bonchev–Trinajstić information content (AvgIpc) is 3.46. The van der Waals surface area contributed by atoms with Crippen molar-refractivity contribution in [3.8, 4) is 28.3 Å². The molecule has 0 bridgehead atoms. The number of primary sulfonamides is 1. The molecule has 3 N–H and O–H groups in total. The number of benzene rings is 3. The number of oxazole rings is 1. The van der Waals surface area contributed by atoms with E-state index in [1.807, 2.05) is 43.4 Å². The number of hydrogen-bond acceptors (Lipinski definition) is 8. The molecule has 1 unspecified atom stereocenters. The van der Waals surface area contributed by atoms with Gasteiger partial charge in [0.25, 0.3) is 0 Å². The van der Waals surface area contributed by atoms with Gasteiger partial charge in [0.05, 0.1) is 23.0 Å². The van der Waals surface area contributed by atoms with Crippen molar-refractivity contribution in [2.24, 2.45) is 5.14 Å². The minimum Gasteiger partial charge on any atom is -0.493 e. The lowest BCUT2D eigenvalue weighted by Crippen LogP contribution is -2.35. The van der Waals surface area contributed by atoms with E-state index in [-0.39, 0.29) is 16.6 Å². The van der Waals surface area contributed by atoms with Crippen LogP contribution in [0.1, 0.15) is 36.6 Å². The van der Waals surface area contributed by atoms with Crippen molar-refractivity contribution < 1.29 is 31.4 Å². The molecule has 0 radical (unpaired) electrons. The highest BCUT2D eigenvalue weighted by molar-refractivity contribution is 7.89. The van der Waals surface area contributed by atoms with Gasteiger partial charge in [-0.2, -0.15) is 0 Å². The zero-order valence-corrected chi connectivity index (χ0v) is 25.0. The van der Waals surface area contributed by atoms with Crippen molar-refractivity contribution in [2.45, 2.75) is 35.7 Å². The molecule has 0 amide bonds. The number of methoxy groups -OCH3 is 1. The fourth-order valence-corrected chi connectivity index (χ4v) is 5.91. The van der Waals surface area contributed by atoms with Gasteiger partial charge in [0.2, 0.25) is 10.0 Å². The number of nitrogens with two attached hydrogens (primary N) is 1. The van der Waals surface area contributed by atoms with Gasteiger partial charge in [-0.15, -0.1) is 0 Å². The summed E-state index contributed by atoms with van der Waals surface area (Å²) < 4.78 is 62.0. The normalized spacial score (nSPS) is 15.7. The second kappa shape index (κ2) is 13.4. The Bertz CT molecular complexity index is 1620. The molecule has 43 heavy (non-hydrogen) atoms. The van der Waals surface area contributed by atoms with Crippen LogP contribution in [0, 0.1) is 5.82 Å². The van der Waals surface area contributed by atoms with Crippen molar-refractivity contribution in [1.82, 2.24) is 10.3 Å². The second-order valence-electron chi connectivity index (χ2n) is 10.5. The van der Waals surface area contributed by atoms with E-state index in [4.69, 9.17) is 28.8 Å². The molecule has 228 valence electrons. The third-order valence-corrected chi connectivity index (χ3v) is 8.69. The van der Waals surface area contributed by atoms with E-state index in [9.17, 15) is 12.8 Å². The number of nitrogens with one attached hydrogen (secondary N) is 1. The Morgan fingerprint density at radius 3 is 2.42 bits per heavy atom. The molecule has 0 spiro atoms. The fraction of sp³-hybridized carbons (Fsp3) is 0.344. The largest absolute Gasteiger partial charge is 0.493 e. The molecular formula is C32H36FN3O6S. The molecule has 1 aliphatic heterocycles. The van der Waals surface area contributed by atoms with Gasteiger partial charge in [-0.05, 0) is 55.4 Å². The van der Waals surface area contributed by atoms with E-state index in [1.165, 1.54) is 24.3 Å². The average molecular weight is 610 g/mol. The summed E-state index contributed by atoms with van der Waals surface area (Å²) in [5.74, 6) is 0.886. The zero-order valence-electron chi connectivity index (χ0n) is 24.2. The molecule has 0 aliphatic carbocycles. The van der Waals surface area contributed by atoms with E-state index in [0.717, 1.165) is 11.1 Å². The lowest BCUT2D eigenvalue weighted by Gasteiger charge is -2.36. The first-order valence-electron chi connectivity index (χ1n) is 14.1. The third-order valence-electron chi connectivity index (χ3n) is 7.76. The maximum atomic E-state index is 14.7. The Morgan fingerprint density at radius 1 is 1.05 bits per heavy atom. The van der Waals surface area contributed by atoms with Crippen LogP contribution in [0.2, 0.25) is 0 Å². The Balaban J connectivity index is 1.39. The molecule has 1 saturated heterocycles. The van der Waals surface area contributed by atoms with E-state index in [2.05, 4.69) is 5.32 Å². The Kier molecular flexibility index (Phi) is 9.58. The molecule has 0 saturated carbocycles. The summed E-state index contributed by atoms with van der Waals surface area (Å²) in [5.41, 5.74) is 2.28. The molecule has 4 aromatic rings. The molecule has 1 atom stereocenters. The highest BCUT2D eigenvalue weighted by Gasteiger charge is 2.35. The maximum absolute atomic E-state index is 14.7. The second-order valence-corrected chi connectivity index (χ2v) is 12.1. The number of rotatable bonds is 12. The standard InChI is InChI=1S/C32H36FN3O6S/c1-35-21-24(12-15-41-27-19-25(18-26(33)20-27)32(39-2)13-16-40-17-14-32)31-36-29(22-6-4-3-5-7-22)30(42-31)23-8-10-28(11-9-23)43(34,37)38/h3-11,18-20,24,35H,12-17,21H2,1-2H3,(H2,34,37,38). The fourth-order valence-electron chi connectivity index (χ4n) is 5.39. The molecule has 1 aromatic heterocycles. The van der Waals surface area contributed by atoms with Crippen LogP contribution in [0.3, 0.4) is 0 Å². The van der Waals surface area contributed by atoms with Gasteiger partial charge in [-0.3, -0.25) is 0 Å². The molecular weight excluding hydrogens is 573 g/mol. The van der Waals surface area contributed by atoms with Gasteiger partial charge in [0.15, 0.2) is 11.7 Å². The summed E-state index contributed by atoms with van der Waals surface area (Å²) in [7, 11) is -0.348. The molecule has 5 rings (SSSR count). The van der Waals surface area contributed by atoms with Gasteiger partial charge in [0, 0.05) is 56.9 Å². The van der Waals surface area contributed by atoms with Crippen LogP contribution < -0.4 is 15.2 Å². The number of sulfonamides is 1. The molecule has 1 aliphatic rings. The van der Waals surface area contributed by atoms with Crippen LogP contribution in [0.4, 0.5) is 4.39 Å². The molecule has 1 fully saturated rings. The highest BCUT2D eigenvalue weighted by Crippen LogP contribution is 2.38. The van der Waals surface area contributed by atoms with Crippen LogP contribution in [-0.2, 0) is 25.1 Å². The SMILES string of the molecule is CNCC(CCOc1cc(F)cc(C2(OC)CCOCC2)c1)c1nc(-c2ccccc2)c(-c2ccc(S(N)(=O)=O)cc2)o1. The molecule has 3 aromatic carbocycles. The van der Waals surface area contributed by atoms with Crippen LogP contribution in [0.25, 0.3) is 22.6 Å². The first kappa shape index (κ1) is 30.8. The maximum Gasteiger partial charge on any atom is 0.238 e. The molecule has 2 heterocycles. The Morgan fingerprint density at radius 2 is 1.77 bits per heavy atom. The minimum absolute atomic E-state index is 0.0104. The first-order chi connectivity index (χ1) is 20.7. The summed E-state index contributed by atoms with van der Waals surface area (Å²) in [6, 6.07) is 20.5. The summed E-state index contributed by atoms with van der Waals surface area (Å²) in [4.78, 5) is 4.90. The predicted molar refractivity (Wildman–Crippen MR) is 161 cm³/mol. The minimum atomic E-state index is -3.83. The Labute approximate surface area is 251 Å². The van der Waals surface area contributed by atoms with E-state index in [1.54, 1.807) is 19.2 Å². The van der Waals surface area contributed by atoms with Crippen molar-refractivity contribution in [2.75, 3.05) is 40.5 Å². The highest BCUT2D eigenvalue weighted by atomic mass is 32.2. The van der Waals surface area contributed by atoms with Gasteiger partial charge in [-0.1, -0.05) is 30.3 Å². The monoisotopic (exact) mass is 609 g/mol. The van der Waals surface area contributed by atoms with Crippen molar-refractivity contribution in [1.29, 1.82) is 0 Å². The summed E-state index contributed by atoms with van der Waals surface area (Å²) in [6.45, 7) is 1.94. The van der Waals surface area contributed by atoms with Crippen LogP contribution in [0.15, 0.2) is 82.1 Å². The zero-order chi connectivity index (χ0) is 30.5. The number of ether oxygens (including phenoxy) is 3. The number of nitrogens with zero attached hydrogens (tertiary/aromatic N) is 1. The van der Waals surface area contributed by atoms with Crippen molar-refractivity contribution in [3.05, 3.63) is 90.1 Å². The van der Waals surface area contributed by atoms with Gasteiger partial charge in [-0.25, -0.2) is 22.9 Å². The quantitative estimate of drug-likeness (QED) is 0.224. The van der Waals surface area contributed by atoms with Crippen LogP contribution >= 0.6 is 0 Å². The van der Waals surface area contributed by atoms with E-state index < -0.39 is 15.6 Å². The van der Waals surface area contributed by atoms with Crippen LogP contribution in [0.5, 0.6) is 5.75 Å². The summed E-state index contributed by atoms with van der Waals surface area (Å²) in [5, 5.41) is 8.48. The lowest BCUT2D eigenvalue weighted by atomic mass is 9.86. The van der Waals surface area contributed by atoms with Gasteiger partial charge in [0.1, 0.15) is 17.3 Å². The van der Waals surface area contributed by atoms with Gasteiger partial charge < -0.3 is 23.9 Å². The number of hydrogen-bond donors (Lipinski definition) is 2. The number of aromatic nitrogens is 1. The van der Waals surface area contributed by atoms with E-state index >= 15 is 0 Å². The number of likely N-dealkylation sites (N-methyl/N-ethyl adjacent to an activating group) is 1. The van der Waals surface area contributed by atoms with Crippen LogP contribution in [-0.4, -0.2) is 53.9 Å². The lowest BCUT2D eigenvalue weighted by molar-refractivity contribution is -0.0950. The predicted octanol–water partition coefficient (Wildman–Crippen LogP) is 5.22. The number of halogens is 1. The molecule has 11 heteroatoms. The third kappa shape index (κ3) is 7.14. The van der Waals surface area contributed by atoms with Crippen molar-refractivity contribution >= 4 is 10.0 Å². The Hall–Kier alpha value is -3.61.